The Morgan fingerprint density at radius 2 is 1.81 bits per heavy atom. The van der Waals surface area contributed by atoms with Gasteiger partial charge in [0.25, 0.3) is 0 Å². The molecule has 0 bridgehead atoms. The maximum Gasteiger partial charge on any atom is 0.242 e. The number of aryl methyl sites for hydroxylation is 1. The second-order valence-electron chi connectivity index (χ2n) is 8.93. The highest BCUT2D eigenvalue weighted by Gasteiger charge is 2.38. The summed E-state index contributed by atoms with van der Waals surface area (Å²) < 4.78 is 1.89. The molecule has 2 amide bonds. The molecule has 2 fully saturated rings. The number of piperazine rings is 1. The lowest BCUT2D eigenvalue weighted by atomic mass is 9.96. The maximum atomic E-state index is 13.3. The number of amides is 2. The third kappa shape index (κ3) is 4.11. The first kappa shape index (κ1) is 21.6. The Labute approximate surface area is 184 Å². The van der Waals surface area contributed by atoms with E-state index in [0.717, 1.165) is 41.9 Å². The van der Waals surface area contributed by atoms with E-state index in [9.17, 15) is 9.59 Å². The zero-order valence-electron chi connectivity index (χ0n) is 19.0. The standard InChI is InChI=1S/C24H33N5O2/c1-16-9-8-10-17(2)28(16)21(30)15-27-14-13-25-24(31)23(27)22-18(3)26-29(19(22)4)20-11-6-5-7-12-20/h5-7,11-12,16-17,23H,8-10,13-15H2,1-4H3,(H,25,31)/t16-,17+,23-/m0/s1. The van der Waals surface area contributed by atoms with Crippen molar-refractivity contribution in [1.29, 1.82) is 0 Å². The quantitative estimate of drug-likeness (QED) is 0.821. The van der Waals surface area contributed by atoms with Gasteiger partial charge in [0.2, 0.25) is 11.8 Å². The molecule has 0 aliphatic carbocycles. The lowest BCUT2D eigenvalue weighted by Gasteiger charge is -2.42. The van der Waals surface area contributed by atoms with Crippen LogP contribution in [0.25, 0.3) is 5.69 Å². The van der Waals surface area contributed by atoms with Gasteiger partial charge in [0.05, 0.1) is 17.9 Å². The van der Waals surface area contributed by atoms with Gasteiger partial charge in [0.15, 0.2) is 0 Å². The molecular weight excluding hydrogens is 390 g/mol. The predicted octanol–water partition coefficient (Wildman–Crippen LogP) is 2.75. The summed E-state index contributed by atoms with van der Waals surface area (Å²) in [5, 5.41) is 7.72. The number of likely N-dealkylation sites (tertiary alicyclic amines) is 1. The summed E-state index contributed by atoms with van der Waals surface area (Å²) in [5.41, 5.74) is 3.61. The van der Waals surface area contributed by atoms with Crippen LogP contribution in [0.4, 0.5) is 0 Å². The summed E-state index contributed by atoms with van der Waals surface area (Å²) in [5.74, 6) is 0.0581. The summed E-state index contributed by atoms with van der Waals surface area (Å²) in [6, 6.07) is 9.92. The Hall–Kier alpha value is -2.67. The summed E-state index contributed by atoms with van der Waals surface area (Å²) in [6.07, 6.45) is 3.25. The van der Waals surface area contributed by atoms with Gasteiger partial charge in [0.1, 0.15) is 6.04 Å². The number of hydrogen-bond acceptors (Lipinski definition) is 4. The van der Waals surface area contributed by atoms with Gasteiger partial charge in [0, 0.05) is 36.4 Å². The molecule has 0 radical (unpaired) electrons. The Bertz CT molecular complexity index is 944. The molecular formula is C24H33N5O2. The maximum absolute atomic E-state index is 13.3. The normalized spacial score (nSPS) is 24.8. The lowest BCUT2D eigenvalue weighted by molar-refractivity contribution is -0.141. The highest BCUT2D eigenvalue weighted by Crippen LogP contribution is 2.31. The van der Waals surface area contributed by atoms with Gasteiger partial charge in [-0.3, -0.25) is 14.5 Å². The highest BCUT2D eigenvalue weighted by atomic mass is 16.2. The van der Waals surface area contributed by atoms with Crippen molar-refractivity contribution in [3.05, 3.63) is 47.3 Å². The van der Waals surface area contributed by atoms with Crippen LogP contribution in [0.15, 0.2) is 30.3 Å². The first-order valence-electron chi connectivity index (χ1n) is 11.3. The molecule has 1 N–H and O–H groups in total. The van der Waals surface area contributed by atoms with Gasteiger partial charge < -0.3 is 10.2 Å². The van der Waals surface area contributed by atoms with Crippen LogP contribution >= 0.6 is 0 Å². The minimum absolute atomic E-state index is 0.0578. The Balaban J connectivity index is 1.64. The highest BCUT2D eigenvalue weighted by molar-refractivity contribution is 5.86. The smallest absolute Gasteiger partial charge is 0.242 e. The molecule has 4 rings (SSSR count). The molecule has 0 unspecified atom stereocenters. The number of nitrogens with one attached hydrogen (secondary N) is 1. The van der Waals surface area contributed by atoms with E-state index in [4.69, 9.17) is 5.10 Å². The van der Waals surface area contributed by atoms with E-state index >= 15 is 0 Å². The van der Waals surface area contributed by atoms with E-state index in [1.54, 1.807) is 0 Å². The topological polar surface area (TPSA) is 70.5 Å². The molecule has 166 valence electrons. The van der Waals surface area contributed by atoms with Gasteiger partial charge >= 0.3 is 0 Å². The lowest BCUT2D eigenvalue weighted by Crippen LogP contribution is -2.56. The molecule has 3 atom stereocenters. The van der Waals surface area contributed by atoms with Crippen LogP contribution in [0.2, 0.25) is 0 Å². The minimum atomic E-state index is -0.509. The summed E-state index contributed by atoms with van der Waals surface area (Å²) in [7, 11) is 0. The molecule has 2 aliphatic rings. The second-order valence-corrected chi connectivity index (χ2v) is 8.93. The molecule has 2 aromatic rings. The Kier molecular flexibility index (Phi) is 6.14. The van der Waals surface area contributed by atoms with Gasteiger partial charge in [-0.25, -0.2) is 4.68 Å². The van der Waals surface area contributed by atoms with Gasteiger partial charge in [-0.05, 0) is 59.1 Å². The average Bonchev–Trinajstić information content (AvgIpc) is 3.03. The molecule has 31 heavy (non-hydrogen) atoms. The third-order valence-corrected chi connectivity index (χ3v) is 6.75. The van der Waals surface area contributed by atoms with Gasteiger partial charge in [-0.1, -0.05) is 18.2 Å². The zero-order chi connectivity index (χ0) is 22.1. The van der Waals surface area contributed by atoms with Crippen molar-refractivity contribution in [3.8, 4) is 5.69 Å². The molecule has 2 aliphatic heterocycles. The fourth-order valence-electron chi connectivity index (χ4n) is 5.24. The molecule has 3 heterocycles. The van der Waals surface area contributed by atoms with E-state index in [1.165, 1.54) is 0 Å². The number of piperidine rings is 1. The fourth-order valence-corrected chi connectivity index (χ4v) is 5.24. The monoisotopic (exact) mass is 423 g/mol. The number of para-hydroxylation sites is 1. The van der Waals surface area contributed by atoms with Crippen LogP contribution in [-0.4, -0.2) is 63.1 Å². The van der Waals surface area contributed by atoms with E-state index < -0.39 is 6.04 Å². The second kappa shape index (κ2) is 8.83. The summed E-state index contributed by atoms with van der Waals surface area (Å²) in [6.45, 7) is 9.66. The van der Waals surface area contributed by atoms with Crippen LogP contribution in [0.1, 0.15) is 56.1 Å². The molecule has 1 aromatic heterocycles. The molecule has 7 heteroatoms. The number of carbonyl (C=O) groups is 2. The SMILES string of the molecule is Cc1nn(-c2ccccc2)c(C)c1[C@H]1C(=O)NCCN1CC(=O)N1[C@H](C)CCC[C@@H]1C. The van der Waals surface area contributed by atoms with Crippen molar-refractivity contribution >= 4 is 11.8 Å². The van der Waals surface area contributed by atoms with Crippen LogP contribution < -0.4 is 5.32 Å². The summed E-state index contributed by atoms with van der Waals surface area (Å²) in [4.78, 5) is 30.4. The molecule has 0 spiro atoms. The van der Waals surface area contributed by atoms with E-state index in [0.29, 0.717) is 13.1 Å². The first-order chi connectivity index (χ1) is 14.9. The van der Waals surface area contributed by atoms with Crippen molar-refractivity contribution < 1.29 is 9.59 Å². The van der Waals surface area contributed by atoms with Crippen LogP contribution in [0.3, 0.4) is 0 Å². The average molecular weight is 424 g/mol. The Morgan fingerprint density at radius 3 is 2.48 bits per heavy atom. The van der Waals surface area contributed by atoms with Gasteiger partial charge in [-0.2, -0.15) is 5.10 Å². The summed E-state index contributed by atoms with van der Waals surface area (Å²) >= 11 is 0. The van der Waals surface area contributed by atoms with Crippen LogP contribution in [0.5, 0.6) is 0 Å². The molecule has 1 aromatic carbocycles. The molecule has 2 saturated heterocycles. The van der Waals surface area contributed by atoms with Crippen molar-refractivity contribution in [3.63, 3.8) is 0 Å². The van der Waals surface area contributed by atoms with Gasteiger partial charge in [-0.15, -0.1) is 0 Å². The predicted molar refractivity (Wildman–Crippen MR) is 120 cm³/mol. The van der Waals surface area contributed by atoms with Crippen LogP contribution in [0, 0.1) is 13.8 Å². The number of rotatable bonds is 4. The fraction of sp³-hybridized carbons (Fsp3) is 0.542. The van der Waals surface area contributed by atoms with Crippen molar-refractivity contribution in [1.82, 2.24) is 24.9 Å². The number of benzene rings is 1. The number of hydrogen-bond donors (Lipinski definition) is 1. The van der Waals surface area contributed by atoms with Crippen molar-refractivity contribution in [2.75, 3.05) is 19.6 Å². The van der Waals surface area contributed by atoms with Crippen molar-refractivity contribution in [2.24, 2.45) is 0 Å². The first-order valence-corrected chi connectivity index (χ1v) is 11.3. The minimum Gasteiger partial charge on any atom is -0.353 e. The number of nitrogens with zero attached hydrogens (tertiary/aromatic N) is 4. The number of carbonyl (C=O) groups excluding carboxylic acids is 2. The zero-order valence-corrected chi connectivity index (χ0v) is 19.0. The largest absolute Gasteiger partial charge is 0.353 e. The van der Waals surface area contributed by atoms with Crippen LogP contribution in [-0.2, 0) is 9.59 Å². The molecule has 0 saturated carbocycles. The third-order valence-electron chi connectivity index (χ3n) is 6.75. The van der Waals surface area contributed by atoms with Crippen molar-refractivity contribution in [2.45, 2.75) is 65.1 Å². The van der Waals surface area contributed by atoms with E-state index in [1.807, 2.05) is 58.7 Å². The van der Waals surface area contributed by atoms with E-state index in [-0.39, 0.29) is 30.4 Å². The Morgan fingerprint density at radius 1 is 1.13 bits per heavy atom. The van der Waals surface area contributed by atoms with E-state index in [2.05, 4.69) is 19.2 Å². The molecule has 7 nitrogen and oxygen atoms in total. The number of aromatic nitrogens is 2.